The molecule has 72 valence electrons. The van der Waals surface area contributed by atoms with E-state index in [2.05, 4.69) is 0 Å². The van der Waals surface area contributed by atoms with Gasteiger partial charge in [0.2, 0.25) is 0 Å². The lowest BCUT2D eigenvalue weighted by atomic mass is 10.00. The molecule has 0 aliphatic heterocycles. The number of nitrogens with zero attached hydrogens (tertiary/aromatic N) is 1. The molecule has 0 amide bonds. The van der Waals surface area contributed by atoms with Crippen molar-refractivity contribution in [3.05, 3.63) is 0 Å². The third kappa shape index (κ3) is 1.40. The van der Waals surface area contributed by atoms with Crippen LogP contribution in [-0.4, -0.2) is 33.7 Å². The lowest BCUT2D eigenvalue weighted by Crippen LogP contribution is -2.54. The van der Waals surface area contributed by atoms with E-state index >= 15 is 0 Å². The van der Waals surface area contributed by atoms with Crippen molar-refractivity contribution >= 4 is 11.9 Å². The van der Waals surface area contributed by atoms with Gasteiger partial charge in [0, 0.05) is 0 Å². The smallest absolute Gasteiger partial charge is 0.399 e. The zero-order valence-corrected chi connectivity index (χ0v) is 5.79. The van der Waals surface area contributed by atoms with Crippen LogP contribution in [-0.2, 0) is 9.59 Å². The Morgan fingerprint density at radius 1 is 1.15 bits per heavy atom. The van der Waals surface area contributed by atoms with E-state index in [1.807, 2.05) is 0 Å². The van der Waals surface area contributed by atoms with Crippen LogP contribution in [0.4, 0.5) is 13.2 Å². The number of aliphatic carboxylic acids is 2. The molecule has 2 N–H and O–H groups in total. The summed E-state index contributed by atoms with van der Waals surface area (Å²) < 4.78 is 37.1. The van der Waals surface area contributed by atoms with Gasteiger partial charge in [0.15, 0.2) is 0 Å². The molecule has 0 aliphatic rings. The van der Waals surface area contributed by atoms with Gasteiger partial charge in [-0.2, -0.15) is 14.0 Å². The van der Waals surface area contributed by atoms with Gasteiger partial charge in [-0.3, -0.25) is 0 Å². The predicted octanol–water partition coefficient (Wildman–Crippen LogP) is 0.0228. The van der Waals surface area contributed by atoms with Gasteiger partial charge in [0.25, 0.3) is 0 Å². The van der Waals surface area contributed by atoms with E-state index in [4.69, 9.17) is 15.5 Å². The summed E-state index contributed by atoms with van der Waals surface area (Å²) in [4.78, 5) is 19.6. The van der Waals surface area contributed by atoms with E-state index in [9.17, 15) is 22.8 Å². The largest absolute Gasteiger partial charge is 0.478 e. The SMILES string of the molecule is N#CC(F)(C(=O)O)C(F)(F)C(=O)O. The van der Waals surface area contributed by atoms with E-state index in [1.165, 1.54) is 0 Å². The molecule has 0 aromatic rings. The molecular formula is C5H2F3NO4. The van der Waals surface area contributed by atoms with Crippen LogP contribution in [0.2, 0.25) is 0 Å². The van der Waals surface area contributed by atoms with E-state index in [-0.39, 0.29) is 6.07 Å². The van der Waals surface area contributed by atoms with Crippen molar-refractivity contribution in [2.45, 2.75) is 11.6 Å². The molecule has 0 rings (SSSR count). The van der Waals surface area contributed by atoms with Crippen molar-refractivity contribution in [3.8, 4) is 6.07 Å². The van der Waals surface area contributed by atoms with Crippen LogP contribution >= 0.6 is 0 Å². The number of hydrogen-bond acceptors (Lipinski definition) is 3. The fraction of sp³-hybridized carbons (Fsp3) is 0.400. The standard InChI is InChI=1S/C5H2F3NO4/c6-4(1-9,2(10)11)5(7,8)3(12)13/h(H,10,11)(H,12,13). The van der Waals surface area contributed by atoms with E-state index in [0.717, 1.165) is 0 Å². The third-order valence-corrected chi connectivity index (χ3v) is 1.15. The summed E-state index contributed by atoms with van der Waals surface area (Å²) in [6, 6.07) is 0.102. The zero-order chi connectivity index (χ0) is 10.9. The summed E-state index contributed by atoms with van der Waals surface area (Å²) in [5.41, 5.74) is -4.75. The van der Waals surface area contributed by atoms with Crippen LogP contribution in [0.5, 0.6) is 0 Å². The Morgan fingerprint density at radius 2 is 1.54 bits per heavy atom. The molecular weight excluding hydrogens is 195 g/mol. The molecule has 0 radical (unpaired) electrons. The summed E-state index contributed by atoms with van der Waals surface area (Å²) in [6.45, 7) is 0. The molecule has 8 heteroatoms. The maximum Gasteiger partial charge on any atom is 0.399 e. The van der Waals surface area contributed by atoms with Crippen molar-refractivity contribution in [2.24, 2.45) is 0 Å². The topological polar surface area (TPSA) is 98.4 Å². The quantitative estimate of drug-likeness (QED) is 0.664. The number of halogens is 3. The second-order valence-corrected chi connectivity index (χ2v) is 1.95. The van der Waals surface area contributed by atoms with Crippen molar-refractivity contribution < 1.29 is 33.0 Å². The summed E-state index contributed by atoms with van der Waals surface area (Å²) in [5.74, 6) is -11.1. The summed E-state index contributed by atoms with van der Waals surface area (Å²) in [6.07, 6.45) is 0. The predicted molar refractivity (Wildman–Crippen MR) is 29.7 cm³/mol. The minimum absolute atomic E-state index is 0.102. The minimum Gasteiger partial charge on any atom is -0.478 e. The van der Waals surface area contributed by atoms with Gasteiger partial charge in [-0.05, 0) is 0 Å². The summed E-state index contributed by atoms with van der Waals surface area (Å²) in [5, 5.41) is 23.4. The van der Waals surface area contributed by atoms with Crippen LogP contribution in [0.15, 0.2) is 0 Å². The molecule has 1 atom stereocenters. The fourth-order valence-corrected chi connectivity index (χ4v) is 0.400. The molecule has 0 aliphatic carbocycles. The minimum atomic E-state index is -5.28. The molecule has 0 heterocycles. The van der Waals surface area contributed by atoms with Crippen LogP contribution in [0.3, 0.4) is 0 Å². The Balaban J connectivity index is 5.36. The molecule has 0 fully saturated rings. The highest BCUT2D eigenvalue weighted by Gasteiger charge is 2.67. The molecule has 5 nitrogen and oxygen atoms in total. The van der Waals surface area contributed by atoms with Crippen molar-refractivity contribution in [1.29, 1.82) is 5.26 Å². The van der Waals surface area contributed by atoms with E-state index in [1.54, 1.807) is 0 Å². The van der Waals surface area contributed by atoms with Gasteiger partial charge in [0.05, 0.1) is 0 Å². The molecule has 0 bridgehead atoms. The highest BCUT2D eigenvalue weighted by Crippen LogP contribution is 2.32. The second kappa shape index (κ2) is 2.93. The van der Waals surface area contributed by atoms with Crippen LogP contribution in [0.25, 0.3) is 0 Å². The van der Waals surface area contributed by atoms with Gasteiger partial charge in [0.1, 0.15) is 6.07 Å². The monoisotopic (exact) mass is 197 g/mol. The van der Waals surface area contributed by atoms with Gasteiger partial charge < -0.3 is 10.2 Å². The molecule has 0 saturated carbocycles. The number of carboxylic acid groups (broad SMARTS) is 2. The van der Waals surface area contributed by atoms with Gasteiger partial charge in [-0.15, -0.1) is 0 Å². The molecule has 0 saturated heterocycles. The van der Waals surface area contributed by atoms with Gasteiger partial charge in [-0.25, -0.2) is 14.0 Å². The van der Waals surface area contributed by atoms with Crippen molar-refractivity contribution in [3.63, 3.8) is 0 Å². The lowest BCUT2D eigenvalue weighted by molar-refractivity contribution is -0.193. The molecule has 0 aromatic carbocycles. The highest BCUT2D eigenvalue weighted by atomic mass is 19.3. The van der Waals surface area contributed by atoms with Crippen molar-refractivity contribution in [1.82, 2.24) is 0 Å². The first-order chi connectivity index (χ1) is 5.70. The summed E-state index contributed by atoms with van der Waals surface area (Å²) >= 11 is 0. The number of hydrogen-bond donors (Lipinski definition) is 2. The first kappa shape index (κ1) is 11.2. The molecule has 0 aromatic heterocycles. The average molecular weight is 197 g/mol. The van der Waals surface area contributed by atoms with Gasteiger partial charge >= 0.3 is 23.5 Å². The number of carbonyl (C=O) groups is 2. The highest BCUT2D eigenvalue weighted by molar-refractivity contribution is 5.92. The first-order valence-electron chi connectivity index (χ1n) is 2.65. The van der Waals surface area contributed by atoms with Crippen molar-refractivity contribution in [2.75, 3.05) is 0 Å². The first-order valence-corrected chi connectivity index (χ1v) is 2.65. The lowest BCUT2D eigenvalue weighted by Gasteiger charge is -2.19. The zero-order valence-electron chi connectivity index (χ0n) is 5.79. The normalized spacial score (nSPS) is 15.5. The Hall–Kier alpha value is -1.78. The molecule has 1 unspecified atom stereocenters. The Labute approximate surface area is 69.0 Å². The van der Waals surface area contributed by atoms with Crippen LogP contribution in [0, 0.1) is 11.3 Å². The van der Waals surface area contributed by atoms with Crippen LogP contribution in [0.1, 0.15) is 0 Å². The Bertz CT molecular complexity index is 297. The Kier molecular flexibility index (Phi) is 2.53. The number of rotatable bonds is 3. The maximum atomic E-state index is 12.6. The summed E-state index contributed by atoms with van der Waals surface area (Å²) in [7, 11) is 0. The van der Waals surface area contributed by atoms with E-state index in [0.29, 0.717) is 0 Å². The van der Waals surface area contributed by atoms with E-state index < -0.39 is 23.5 Å². The number of carboxylic acids is 2. The molecule has 13 heavy (non-hydrogen) atoms. The Morgan fingerprint density at radius 3 is 1.62 bits per heavy atom. The van der Waals surface area contributed by atoms with Gasteiger partial charge in [-0.1, -0.05) is 0 Å². The number of alkyl halides is 3. The maximum absolute atomic E-state index is 12.6. The average Bonchev–Trinajstić information content (AvgIpc) is 2.01. The molecule has 0 spiro atoms. The number of nitriles is 1. The fourth-order valence-electron chi connectivity index (χ4n) is 0.400. The van der Waals surface area contributed by atoms with Crippen LogP contribution < -0.4 is 0 Å². The third-order valence-electron chi connectivity index (χ3n) is 1.15. The second-order valence-electron chi connectivity index (χ2n) is 1.95.